The van der Waals surface area contributed by atoms with E-state index in [0.717, 1.165) is 10.9 Å². The highest BCUT2D eigenvalue weighted by Gasteiger charge is 2.02. The average molecular weight is 190 g/mol. The van der Waals surface area contributed by atoms with Crippen LogP contribution in [-0.2, 0) is 0 Å². The number of benzene rings is 1. The Bertz CT molecular complexity index is 435. The summed E-state index contributed by atoms with van der Waals surface area (Å²) in [5.41, 5.74) is 3.61. The molecule has 2 aromatic rings. The lowest BCUT2D eigenvalue weighted by molar-refractivity contribution is 0.725. The maximum absolute atomic E-state index is 4.70. The highest BCUT2D eigenvalue weighted by Crippen LogP contribution is 2.11. The van der Waals surface area contributed by atoms with Crippen molar-refractivity contribution in [2.75, 3.05) is 12.1 Å². The smallest absolute Gasteiger partial charge is 0.158 e. The van der Waals surface area contributed by atoms with E-state index in [4.69, 9.17) is 12.2 Å². The van der Waals surface area contributed by atoms with Gasteiger partial charge in [0, 0.05) is 12.4 Å². The molecule has 0 atom stereocenters. The number of aromatic nitrogens is 2. The van der Waals surface area contributed by atoms with Gasteiger partial charge in [0.05, 0.1) is 11.7 Å². The van der Waals surface area contributed by atoms with Crippen molar-refractivity contribution in [1.29, 1.82) is 0 Å². The Morgan fingerprint density at radius 3 is 3.00 bits per heavy atom. The zero-order valence-electron chi connectivity index (χ0n) is 7.14. The largest absolute Gasteiger partial charge is 0.254 e. The maximum Gasteiger partial charge on any atom is 0.158 e. The van der Waals surface area contributed by atoms with Crippen LogP contribution >= 0.6 is 12.2 Å². The van der Waals surface area contributed by atoms with Crippen LogP contribution in [-0.4, -0.2) is 22.4 Å². The van der Waals surface area contributed by atoms with Gasteiger partial charge in [0.1, 0.15) is 0 Å². The predicted molar refractivity (Wildman–Crippen MR) is 56.5 cm³/mol. The van der Waals surface area contributed by atoms with Gasteiger partial charge < -0.3 is 0 Å². The van der Waals surface area contributed by atoms with Gasteiger partial charge in [-0.3, -0.25) is 5.01 Å². The molecule has 0 unspecified atom stereocenters. The number of para-hydroxylation sites is 1. The molecule has 0 bridgehead atoms. The van der Waals surface area contributed by atoms with Crippen LogP contribution in [0.1, 0.15) is 0 Å². The van der Waals surface area contributed by atoms with Crippen LogP contribution in [0, 0.1) is 0 Å². The van der Waals surface area contributed by atoms with E-state index in [1.54, 1.807) is 16.0 Å². The molecular formula is C9H8N3S. The molecule has 2 rings (SSSR count). The van der Waals surface area contributed by atoms with Crippen molar-refractivity contribution in [1.82, 2.24) is 9.89 Å². The first-order chi connectivity index (χ1) is 6.33. The summed E-state index contributed by atoms with van der Waals surface area (Å²) in [5, 5.41) is 6.91. The zero-order valence-corrected chi connectivity index (χ0v) is 7.95. The van der Waals surface area contributed by atoms with E-state index in [1.807, 2.05) is 31.3 Å². The highest BCUT2D eigenvalue weighted by atomic mass is 32.1. The highest BCUT2D eigenvalue weighted by molar-refractivity contribution is 7.79. The first kappa shape index (κ1) is 8.19. The molecule has 0 aliphatic carbocycles. The minimum Gasteiger partial charge on any atom is -0.254 e. The van der Waals surface area contributed by atoms with Crippen LogP contribution in [0.15, 0.2) is 30.5 Å². The molecule has 13 heavy (non-hydrogen) atoms. The Morgan fingerprint density at radius 1 is 1.46 bits per heavy atom. The van der Waals surface area contributed by atoms with Gasteiger partial charge in [-0.05, 0) is 6.07 Å². The van der Waals surface area contributed by atoms with Crippen LogP contribution in [0.3, 0.4) is 0 Å². The lowest BCUT2D eigenvalue weighted by Gasteiger charge is -2.11. The molecule has 3 nitrogen and oxygen atoms in total. The molecule has 0 N–H and O–H groups in total. The molecule has 0 saturated carbocycles. The van der Waals surface area contributed by atoms with Crippen molar-refractivity contribution in [3.05, 3.63) is 30.5 Å². The van der Waals surface area contributed by atoms with Crippen LogP contribution in [0.5, 0.6) is 0 Å². The quantitative estimate of drug-likeness (QED) is 0.528. The van der Waals surface area contributed by atoms with Gasteiger partial charge in [-0.2, -0.15) is 9.89 Å². The molecule has 0 fully saturated rings. The Labute approximate surface area is 81.5 Å². The minimum atomic E-state index is 1.03. The summed E-state index contributed by atoms with van der Waals surface area (Å²) in [5.74, 6) is 0. The van der Waals surface area contributed by atoms with Crippen LogP contribution in [0.25, 0.3) is 10.9 Å². The monoisotopic (exact) mass is 190 g/mol. The molecule has 1 radical (unpaired) electrons. The molecule has 0 aliphatic heterocycles. The second-order valence-corrected chi connectivity index (χ2v) is 2.89. The third kappa shape index (κ3) is 1.29. The molecule has 65 valence electrons. The molecule has 0 amide bonds. The predicted octanol–water partition coefficient (Wildman–Crippen LogP) is 1.44. The minimum absolute atomic E-state index is 1.03. The summed E-state index contributed by atoms with van der Waals surface area (Å²) in [6, 6.07) is 7.95. The van der Waals surface area contributed by atoms with Crippen molar-refractivity contribution < 1.29 is 0 Å². The number of fused-ring (bicyclic) bond motifs is 1. The van der Waals surface area contributed by atoms with Crippen molar-refractivity contribution in [3.8, 4) is 0 Å². The van der Waals surface area contributed by atoms with Gasteiger partial charge in [0.15, 0.2) is 5.49 Å². The maximum atomic E-state index is 4.70. The van der Waals surface area contributed by atoms with Crippen molar-refractivity contribution in [2.24, 2.45) is 0 Å². The van der Waals surface area contributed by atoms with E-state index in [0.29, 0.717) is 0 Å². The second kappa shape index (κ2) is 3.14. The van der Waals surface area contributed by atoms with Crippen LogP contribution in [0.2, 0.25) is 0 Å². The Morgan fingerprint density at radius 2 is 2.23 bits per heavy atom. The molecule has 1 heterocycles. The zero-order chi connectivity index (χ0) is 9.26. The Hall–Kier alpha value is -1.42. The van der Waals surface area contributed by atoms with E-state index < -0.39 is 0 Å². The Kier molecular flexibility index (Phi) is 1.98. The van der Waals surface area contributed by atoms with Gasteiger partial charge in [0.2, 0.25) is 0 Å². The molecule has 4 heteroatoms. The molecule has 0 spiro atoms. The fourth-order valence-corrected chi connectivity index (χ4v) is 1.31. The molecule has 0 saturated heterocycles. The molecule has 1 aromatic heterocycles. The van der Waals surface area contributed by atoms with E-state index in [2.05, 4.69) is 10.6 Å². The fourth-order valence-electron chi connectivity index (χ4n) is 1.24. The standard InChI is InChI=1S/C9H8N3S/c1-11(7-13)12-9-5-3-2-4-8(9)6-10-12/h2-6H,1H3. The second-order valence-electron chi connectivity index (χ2n) is 2.71. The van der Waals surface area contributed by atoms with Crippen molar-refractivity contribution in [3.63, 3.8) is 0 Å². The summed E-state index contributed by atoms with van der Waals surface area (Å²) in [6.45, 7) is 0. The number of nitrogens with zero attached hydrogens (tertiary/aromatic N) is 3. The Balaban J connectivity index is 2.64. The first-order valence-corrected chi connectivity index (χ1v) is 4.28. The molecular weight excluding hydrogens is 182 g/mol. The number of hydrogen-bond donors (Lipinski definition) is 0. The van der Waals surface area contributed by atoms with E-state index in [1.165, 1.54) is 0 Å². The first-order valence-electron chi connectivity index (χ1n) is 3.87. The number of hydrogen-bond acceptors (Lipinski definition) is 2. The van der Waals surface area contributed by atoms with Gasteiger partial charge in [-0.25, -0.2) is 0 Å². The summed E-state index contributed by atoms with van der Waals surface area (Å²) < 4.78 is 0. The normalized spacial score (nSPS) is 10.2. The van der Waals surface area contributed by atoms with Crippen LogP contribution in [0.4, 0.5) is 0 Å². The molecule has 1 aromatic carbocycles. The third-order valence-electron chi connectivity index (χ3n) is 1.87. The lowest BCUT2D eigenvalue weighted by atomic mass is 10.3. The lowest BCUT2D eigenvalue weighted by Crippen LogP contribution is -2.28. The van der Waals surface area contributed by atoms with Crippen molar-refractivity contribution in [2.45, 2.75) is 0 Å². The van der Waals surface area contributed by atoms with Crippen molar-refractivity contribution >= 4 is 28.6 Å². The average Bonchev–Trinajstić information content (AvgIpc) is 2.60. The molecule has 0 aliphatic rings. The summed E-state index contributed by atoms with van der Waals surface area (Å²) in [4.78, 5) is 1.71. The summed E-state index contributed by atoms with van der Waals surface area (Å²) in [6.07, 6.45) is 1.80. The SMILES string of the molecule is CN([C]=S)n1ncc2ccccc21. The summed E-state index contributed by atoms with van der Waals surface area (Å²) in [7, 11) is 1.81. The van der Waals surface area contributed by atoms with Gasteiger partial charge in [-0.15, -0.1) is 0 Å². The van der Waals surface area contributed by atoms with Crippen LogP contribution < -0.4 is 5.01 Å². The third-order valence-corrected chi connectivity index (χ3v) is 2.14. The summed E-state index contributed by atoms with van der Waals surface area (Å²) >= 11 is 4.70. The van der Waals surface area contributed by atoms with Gasteiger partial charge in [0.25, 0.3) is 0 Å². The van der Waals surface area contributed by atoms with E-state index in [-0.39, 0.29) is 0 Å². The number of thiocarbonyl (C=S) groups is 1. The van der Waals surface area contributed by atoms with Gasteiger partial charge in [-0.1, -0.05) is 30.4 Å². The van der Waals surface area contributed by atoms with E-state index >= 15 is 0 Å². The van der Waals surface area contributed by atoms with E-state index in [9.17, 15) is 0 Å². The fraction of sp³-hybridized carbons (Fsp3) is 0.111. The van der Waals surface area contributed by atoms with Gasteiger partial charge >= 0.3 is 0 Å². The topological polar surface area (TPSA) is 21.1 Å². The number of rotatable bonds is 2.